The third-order valence-corrected chi connectivity index (χ3v) is 3.02. The number of imide groups is 1. The van der Waals surface area contributed by atoms with Crippen LogP contribution in [0.25, 0.3) is 0 Å². The Hall–Kier alpha value is -0.980. The van der Waals surface area contributed by atoms with Gasteiger partial charge in [0.05, 0.1) is 6.61 Å². The monoisotopic (exact) mass is 228 g/mol. The van der Waals surface area contributed by atoms with Crippen molar-refractivity contribution in [2.75, 3.05) is 33.0 Å². The second-order valence-electron chi connectivity index (χ2n) is 4.18. The quantitative estimate of drug-likeness (QED) is 0.609. The van der Waals surface area contributed by atoms with E-state index in [4.69, 9.17) is 15.2 Å². The lowest BCUT2D eigenvalue weighted by Crippen LogP contribution is -2.52. The van der Waals surface area contributed by atoms with E-state index in [-0.39, 0.29) is 43.5 Å². The van der Waals surface area contributed by atoms with Gasteiger partial charge in [-0.1, -0.05) is 0 Å². The Kier molecular flexibility index (Phi) is 3.52. The van der Waals surface area contributed by atoms with Crippen LogP contribution >= 0.6 is 0 Å². The number of hydrogen-bond acceptors (Lipinski definition) is 5. The van der Waals surface area contributed by atoms with E-state index in [1.807, 2.05) is 0 Å². The second kappa shape index (κ2) is 4.90. The van der Waals surface area contributed by atoms with Gasteiger partial charge in [0.25, 0.3) is 11.8 Å². The van der Waals surface area contributed by atoms with Crippen molar-refractivity contribution in [3.8, 4) is 0 Å². The van der Waals surface area contributed by atoms with Crippen LogP contribution in [0, 0.1) is 5.92 Å². The fourth-order valence-electron chi connectivity index (χ4n) is 1.97. The molecule has 90 valence electrons. The molecule has 2 fully saturated rings. The van der Waals surface area contributed by atoms with E-state index in [9.17, 15) is 9.59 Å². The highest BCUT2D eigenvalue weighted by Gasteiger charge is 2.31. The number of ether oxygens (including phenoxy) is 2. The molecule has 2 N–H and O–H groups in total. The summed E-state index contributed by atoms with van der Waals surface area (Å²) in [4.78, 5) is 24.1. The van der Waals surface area contributed by atoms with Crippen molar-refractivity contribution in [2.45, 2.75) is 12.5 Å². The van der Waals surface area contributed by atoms with Crippen LogP contribution in [0.4, 0.5) is 0 Å². The summed E-state index contributed by atoms with van der Waals surface area (Å²) in [5.41, 5.74) is 5.97. The molecule has 0 aromatic heterocycles. The van der Waals surface area contributed by atoms with Gasteiger partial charge in [-0.15, -0.1) is 0 Å². The summed E-state index contributed by atoms with van der Waals surface area (Å²) in [6.45, 7) is 1.55. The Balaban J connectivity index is 1.91. The molecule has 0 aromatic carbocycles. The molecular weight excluding hydrogens is 212 g/mol. The normalized spacial score (nSPS) is 28.6. The van der Waals surface area contributed by atoms with Crippen molar-refractivity contribution < 1.29 is 19.1 Å². The van der Waals surface area contributed by atoms with Crippen LogP contribution in [0.5, 0.6) is 0 Å². The minimum absolute atomic E-state index is 0.0281. The summed E-state index contributed by atoms with van der Waals surface area (Å²) < 4.78 is 10.1. The van der Waals surface area contributed by atoms with Crippen molar-refractivity contribution in [1.82, 2.24) is 4.90 Å². The molecule has 6 nitrogen and oxygen atoms in total. The molecule has 0 spiro atoms. The third kappa shape index (κ3) is 2.40. The van der Waals surface area contributed by atoms with Crippen molar-refractivity contribution in [2.24, 2.45) is 11.7 Å². The number of carbonyl (C=O) groups excluding carboxylic acids is 2. The van der Waals surface area contributed by atoms with Crippen molar-refractivity contribution in [1.29, 1.82) is 0 Å². The number of nitrogens with zero attached hydrogens (tertiary/aromatic N) is 1. The first-order valence-electron chi connectivity index (χ1n) is 5.42. The van der Waals surface area contributed by atoms with Crippen molar-refractivity contribution in [3.63, 3.8) is 0 Å². The van der Waals surface area contributed by atoms with Gasteiger partial charge in [0.2, 0.25) is 0 Å². The van der Waals surface area contributed by atoms with Crippen LogP contribution in [-0.4, -0.2) is 55.7 Å². The summed E-state index contributed by atoms with van der Waals surface area (Å²) in [5, 5.41) is 0. The highest BCUT2D eigenvalue weighted by molar-refractivity contribution is 5.98. The molecule has 0 saturated carbocycles. The molecule has 0 bridgehead atoms. The van der Waals surface area contributed by atoms with Gasteiger partial charge in [-0.3, -0.25) is 14.5 Å². The number of nitrogens with two attached hydrogens (primary N) is 1. The molecule has 16 heavy (non-hydrogen) atoms. The minimum Gasteiger partial charge on any atom is -0.381 e. The average molecular weight is 228 g/mol. The van der Waals surface area contributed by atoms with E-state index >= 15 is 0 Å². The topological polar surface area (TPSA) is 81.9 Å². The second-order valence-corrected chi connectivity index (χ2v) is 4.18. The lowest BCUT2D eigenvalue weighted by molar-refractivity contribution is -0.158. The number of hydrogen-bond donors (Lipinski definition) is 1. The Morgan fingerprint density at radius 2 is 2.00 bits per heavy atom. The van der Waals surface area contributed by atoms with Crippen LogP contribution in [0.3, 0.4) is 0 Å². The van der Waals surface area contributed by atoms with Crippen LogP contribution in [0.15, 0.2) is 0 Å². The first-order chi connectivity index (χ1) is 7.68. The molecule has 2 aliphatic heterocycles. The molecule has 2 heterocycles. The number of amides is 2. The van der Waals surface area contributed by atoms with Crippen molar-refractivity contribution in [3.05, 3.63) is 0 Å². The van der Waals surface area contributed by atoms with E-state index in [1.165, 1.54) is 4.90 Å². The number of rotatable bonds is 3. The molecule has 6 heteroatoms. The molecule has 2 atom stereocenters. The maximum Gasteiger partial charge on any atom is 0.255 e. The van der Waals surface area contributed by atoms with E-state index in [2.05, 4.69) is 0 Å². The summed E-state index contributed by atoms with van der Waals surface area (Å²) in [6, 6.07) is -0.200. The Labute approximate surface area is 93.7 Å². The Bertz CT molecular complexity index is 273. The summed E-state index contributed by atoms with van der Waals surface area (Å²) in [6.07, 6.45) is 0.897. The molecule has 2 aliphatic rings. The van der Waals surface area contributed by atoms with Gasteiger partial charge in [-0.2, -0.15) is 0 Å². The van der Waals surface area contributed by atoms with Gasteiger partial charge in [0.15, 0.2) is 0 Å². The molecular formula is C10H16N2O4. The Morgan fingerprint density at radius 1 is 1.31 bits per heavy atom. The smallest absolute Gasteiger partial charge is 0.255 e. The number of carbonyl (C=O) groups is 2. The van der Waals surface area contributed by atoms with Gasteiger partial charge in [-0.05, 0) is 6.42 Å². The van der Waals surface area contributed by atoms with Crippen LogP contribution in [0.1, 0.15) is 6.42 Å². The van der Waals surface area contributed by atoms with Gasteiger partial charge >= 0.3 is 0 Å². The van der Waals surface area contributed by atoms with E-state index in [0.29, 0.717) is 13.2 Å². The SMILES string of the molecule is NC(CN1C(=O)COCC1=O)C1CCOC1. The zero-order chi connectivity index (χ0) is 11.5. The largest absolute Gasteiger partial charge is 0.381 e. The van der Waals surface area contributed by atoms with Crippen LogP contribution in [0.2, 0.25) is 0 Å². The summed E-state index contributed by atoms with van der Waals surface area (Å²) in [5.74, 6) is -0.361. The lowest BCUT2D eigenvalue weighted by atomic mass is 9.99. The van der Waals surface area contributed by atoms with Gasteiger partial charge in [0.1, 0.15) is 13.2 Å². The summed E-state index contributed by atoms with van der Waals surface area (Å²) in [7, 11) is 0. The van der Waals surface area contributed by atoms with Crippen LogP contribution < -0.4 is 5.73 Å². The summed E-state index contributed by atoms with van der Waals surface area (Å²) >= 11 is 0. The first kappa shape index (κ1) is 11.5. The fraction of sp³-hybridized carbons (Fsp3) is 0.800. The Morgan fingerprint density at radius 3 is 2.56 bits per heavy atom. The molecule has 0 radical (unpaired) electrons. The molecule has 2 saturated heterocycles. The van der Waals surface area contributed by atoms with E-state index in [1.54, 1.807) is 0 Å². The predicted molar refractivity (Wildman–Crippen MR) is 54.4 cm³/mol. The van der Waals surface area contributed by atoms with Gasteiger partial charge in [0, 0.05) is 25.1 Å². The highest BCUT2D eigenvalue weighted by atomic mass is 16.5. The van der Waals surface area contributed by atoms with Gasteiger partial charge < -0.3 is 15.2 Å². The zero-order valence-electron chi connectivity index (χ0n) is 9.05. The zero-order valence-corrected chi connectivity index (χ0v) is 9.05. The maximum atomic E-state index is 11.4. The van der Waals surface area contributed by atoms with E-state index in [0.717, 1.165) is 6.42 Å². The third-order valence-electron chi connectivity index (χ3n) is 3.02. The number of morpholine rings is 1. The molecule has 2 amide bonds. The van der Waals surface area contributed by atoms with Gasteiger partial charge in [-0.25, -0.2) is 0 Å². The predicted octanol–water partition coefficient (Wildman–Crippen LogP) is -1.26. The molecule has 0 aliphatic carbocycles. The lowest BCUT2D eigenvalue weighted by Gasteiger charge is -2.29. The molecule has 2 unspecified atom stereocenters. The maximum absolute atomic E-state index is 11.4. The minimum atomic E-state index is -0.300. The van der Waals surface area contributed by atoms with Crippen molar-refractivity contribution >= 4 is 11.8 Å². The average Bonchev–Trinajstić information content (AvgIpc) is 2.76. The fourth-order valence-corrected chi connectivity index (χ4v) is 1.97. The molecule has 2 rings (SSSR count). The van der Waals surface area contributed by atoms with E-state index < -0.39 is 0 Å². The highest BCUT2D eigenvalue weighted by Crippen LogP contribution is 2.16. The van der Waals surface area contributed by atoms with Crippen LogP contribution in [-0.2, 0) is 19.1 Å². The first-order valence-corrected chi connectivity index (χ1v) is 5.42. The standard InChI is InChI=1S/C10H16N2O4/c11-8(7-1-2-15-4-7)3-12-9(13)5-16-6-10(12)14/h7-8H,1-6,11H2. The molecule has 0 aromatic rings.